The highest BCUT2D eigenvalue weighted by atomic mass is 35.5. The minimum absolute atomic E-state index is 0.328. The van der Waals surface area contributed by atoms with Gasteiger partial charge in [-0.15, -0.1) is 11.3 Å². The van der Waals surface area contributed by atoms with Crippen LogP contribution in [0.25, 0.3) is 0 Å². The lowest BCUT2D eigenvalue weighted by atomic mass is 10.3. The van der Waals surface area contributed by atoms with Crippen LogP contribution in [0, 0.1) is 11.3 Å². The summed E-state index contributed by atoms with van der Waals surface area (Å²) < 4.78 is 4.09. The summed E-state index contributed by atoms with van der Waals surface area (Å²) in [5.74, 6) is 0. The largest absolute Gasteiger partial charge is 0.353 e. The van der Waals surface area contributed by atoms with E-state index in [-0.39, 0.29) is 0 Å². The molecule has 0 radical (unpaired) electrons. The smallest absolute Gasteiger partial charge is 0.162 e. The Kier molecular flexibility index (Phi) is 3.25. The lowest BCUT2D eigenvalue weighted by molar-refractivity contribution is 0.811. The zero-order valence-corrected chi connectivity index (χ0v) is 11.9. The molecule has 0 bridgehead atoms. The first-order valence-corrected chi connectivity index (χ1v) is 7.67. The zero-order chi connectivity index (χ0) is 12.5. The summed E-state index contributed by atoms with van der Waals surface area (Å²) in [6.07, 6.45) is 2.37. The monoisotopic (exact) mass is 295 g/mol. The van der Waals surface area contributed by atoms with E-state index in [4.69, 9.17) is 11.6 Å². The van der Waals surface area contributed by atoms with Crippen molar-refractivity contribution in [2.45, 2.75) is 25.4 Å². The first kappa shape index (κ1) is 12.0. The lowest BCUT2D eigenvalue weighted by Gasteiger charge is -2.21. The predicted octanol–water partition coefficient (Wildman–Crippen LogP) is 3.90. The molecule has 1 fully saturated rings. The normalized spacial score (nSPS) is 14.4. The van der Waals surface area contributed by atoms with Gasteiger partial charge in [0.2, 0.25) is 0 Å². The van der Waals surface area contributed by atoms with E-state index < -0.39 is 0 Å². The molecule has 0 aliphatic heterocycles. The van der Waals surface area contributed by atoms with E-state index in [1.165, 1.54) is 29.3 Å². The van der Waals surface area contributed by atoms with Gasteiger partial charge < -0.3 is 4.90 Å². The first-order chi connectivity index (χ1) is 8.79. The van der Waals surface area contributed by atoms with Gasteiger partial charge in [-0.1, -0.05) is 17.7 Å². The molecule has 0 aromatic carbocycles. The Morgan fingerprint density at radius 1 is 1.56 bits per heavy atom. The van der Waals surface area contributed by atoms with Crippen molar-refractivity contribution in [2.75, 3.05) is 4.90 Å². The number of nitrogens with zero attached hydrogens (tertiary/aromatic N) is 3. The summed E-state index contributed by atoms with van der Waals surface area (Å²) in [5, 5.41) is 12.5. The van der Waals surface area contributed by atoms with Gasteiger partial charge in [-0.05, 0) is 35.8 Å². The number of rotatable bonds is 4. The number of anilines is 1. The van der Waals surface area contributed by atoms with Crippen molar-refractivity contribution >= 4 is 39.5 Å². The number of thiophene rings is 1. The third-order valence-corrected chi connectivity index (χ3v) is 5.02. The van der Waals surface area contributed by atoms with Crippen LogP contribution in [0.1, 0.15) is 23.3 Å². The number of hydrogen-bond donors (Lipinski definition) is 0. The Morgan fingerprint density at radius 2 is 2.39 bits per heavy atom. The molecule has 0 N–H and O–H groups in total. The molecule has 2 aromatic heterocycles. The van der Waals surface area contributed by atoms with Crippen molar-refractivity contribution < 1.29 is 0 Å². The van der Waals surface area contributed by atoms with Gasteiger partial charge in [-0.25, -0.2) is 0 Å². The van der Waals surface area contributed by atoms with E-state index in [0.29, 0.717) is 16.8 Å². The van der Waals surface area contributed by atoms with Gasteiger partial charge in [0.15, 0.2) is 5.15 Å². The van der Waals surface area contributed by atoms with Crippen molar-refractivity contribution in [1.82, 2.24) is 4.37 Å². The van der Waals surface area contributed by atoms with Gasteiger partial charge in [-0.2, -0.15) is 9.64 Å². The number of hydrogen-bond acceptors (Lipinski definition) is 5. The average Bonchev–Trinajstić information content (AvgIpc) is 2.95. The van der Waals surface area contributed by atoms with E-state index in [2.05, 4.69) is 32.9 Å². The highest BCUT2D eigenvalue weighted by molar-refractivity contribution is 7.11. The Balaban J connectivity index is 1.92. The maximum atomic E-state index is 9.17. The van der Waals surface area contributed by atoms with Crippen LogP contribution in [0.2, 0.25) is 5.15 Å². The molecular formula is C12H10ClN3S2. The summed E-state index contributed by atoms with van der Waals surface area (Å²) >= 11 is 9.01. The Labute approximate surface area is 118 Å². The molecule has 92 valence electrons. The first-order valence-electron chi connectivity index (χ1n) is 5.64. The Hall–Kier alpha value is -1.09. The second-order valence-electron chi connectivity index (χ2n) is 4.20. The fraction of sp³-hybridized carbons (Fsp3) is 0.333. The van der Waals surface area contributed by atoms with Crippen LogP contribution in [0.5, 0.6) is 0 Å². The van der Waals surface area contributed by atoms with E-state index in [1.54, 1.807) is 11.3 Å². The minimum atomic E-state index is 0.328. The molecule has 3 rings (SSSR count). The van der Waals surface area contributed by atoms with Gasteiger partial charge >= 0.3 is 0 Å². The quantitative estimate of drug-likeness (QED) is 0.859. The van der Waals surface area contributed by atoms with Gasteiger partial charge in [0.25, 0.3) is 0 Å². The fourth-order valence-electron chi connectivity index (χ4n) is 1.88. The molecular weight excluding hydrogens is 286 g/mol. The number of nitriles is 1. The van der Waals surface area contributed by atoms with Crippen LogP contribution in [-0.4, -0.2) is 10.4 Å². The molecule has 18 heavy (non-hydrogen) atoms. The fourth-order valence-corrected chi connectivity index (χ4v) is 3.68. The molecule has 0 amide bonds. The van der Waals surface area contributed by atoms with Crippen LogP contribution in [0.15, 0.2) is 17.5 Å². The molecule has 2 heterocycles. The number of halogens is 1. The Morgan fingerprint density at radius 3 is 3.00 bits per heavy atom. The molecule has 3 nitrogen and oxygen atoms in total. The molecule has 0 atom stereocenters. The summed E-state index contributed by atoms with van der Waals surface area (Å²) in [5.41, 5.74) is 0.519. The van der Waals surface area contributed by atoms with Crippen LogP contribution < -0.4 is 4.90 Å². The third kappa shape index (κ3) is 2.24. The molecule has 1 aliphatic carbocycles. The van der Waals surface area contributed by atoms with Crippen LogP contribution in [0.4, 0.5) is 5.00 Å². The summed E-state index contributed by atoms with van der Waals surface area (Å²) in [4.78, 5) is 3.57. The standard InChI is InChI=1S/C12H10ClN3S2/c13-11-10(6-14)12(18-15-11)16(8-3-4-8)7-9-2-1-5-17-9/h1-2,5,8H,3-4,7H2. The van der Waals surface area contributed by atoms with Crippen molar-refractivity contribution in [3.05, 3.63) is 33.1 Å². The molecule has 0 unspecified atom stereocenters. The van der Waals surface area contributed by atoms with Crippen molar-refractivity contribution in [1.29, 1.82) is 5.26 Å². The highest BCUT2D eigenvalue weighted by Gasteiger charge is 2.32. The van der Waals surface area contributed by atoms with Crippen molar-refractivity contribution in [2.24, 2.45) is 0 Å². The van der Waals surface area contributed by atoms with Gasteiger partial charge in [0.05, 0.1) is 6.54 Å². The zero-order valence-electron chi connectivity index (χ0n) is 9.47. The molecule has 0 spiro atoms. The topological polar surface area (TPSA) is 39.9 Å². The van der Waals surface area contributed by atoms with Crippen LogP contribution >= 0.6 is 34.5 Å². The van der Waals surface area contributed by atoms with E-state index in [0.717, 1.165) is 11.5 Å². The minimum Gasteiger partial charge on any atom is -0.353 e. The second kappa shape index (κ2) is 4.88. The molecule has 6 heteroatoms. The van der Waals surface area contributed by atoms with Gasteiger partial charge in [-0.3, -0.25) is 0 Å². The predicted molar refractivity (Wildman–Crippen MR) is 75.4 cm³/mol. The summed E-state index contributed by atoms with van der Waals surface area (Å²) in [6.45, 7) is 0.843. The molecule has 2 aromatic rings. The SMILES string of the molecule is N#Cc1c(Cl)nsc1N(Cc1cccs1)C1CC1. The lowest BCUT2D eigenvalue weighted by Crippen LogP contribution is -2.24. The third-order valence-electron chi connectivity index (χ3n) is 2.90. The van der Waals surface area contributed by atoms with Gasteiger partial charge in [0, 0.05) is 10.9 Å². The molecule has 1 saturated carbocycles. The molecule has 0 saturated heterocycles. The highest BCUT2D eigenvalue weighted by Crippen LogP contribution is 2.39. The summed E-state index contributed by atoms with van der Waals surface area (Å²) in [7, 11) is 0. The van der Waals surface area contributed by atoms with E-state index in [9.17, 15) is 5.26 Å². The van der Waals surface area contributed by atoms with Crippen molar-refractivity contribution in [3.63, 3.8) is 0 Å². The Bertz CT molecular complexity index is 581. The van der Waals surface area contributed by atoms with E-state index in [1.807, 2.05) is 0 Å². The number of aromatic nitrogens is 1. The van der Waals surface area contributed by atoms with E-state index >= 15 is 0 Å². The maximum absolute atomic E-state index is 9.17. The van der Waals surface area contributed by atoms with Gasteiger partial charge in [0.1, 0.15) is 16.6 Å². The average molecular weight is 296 g/mol. The summed E-state index contributed by atoms with van der Waals surface area (Å²) in [6, 6.07) is 6.87. The van der Waals surface area contributed by atoms with Crippen LogP contribution in [0.3, 0.4) is 0 Å². The maximum Gasteiger partial charge on any atom is 0.162 e. The van der Waals surface area contributed by atoms with Crippen molar-refractivity contribution in [3.8, 4) is 6.07 Å². The molecule has 1 aliphatic rings. The van der Waals surface area contributed by atoms with Crippen LogP contribution in [-0.2, 0) is 6.54 Å². The second-order valence-corrected chi connectivity index (χ2v) is 6.35.